The van der Waals surface area contributed by atoms with Crippen LogP contribution < -0.4 is 0 Å². The maximum absolute atomic E-state index is 10.8. The maximum atomic E-state index is 10.8. The summed E-state index contributed by atoms with van der Waals surface area (Å²) in [6.07, 6.45) is 1.72. The van der Waals surface area contributed by atoms with Crippen molar-refractivity contribution in [3.8, 4) is 0 Å². The van der Waals surface area contributed by atoms with Crippen molar-refractivity contribution in [1.82, 2.24) is 3.71 Å². The predicted molar refractivity (Wildman–Crippen MR) is 42.1 cm³/mol. The molecule has 0 saturated carbocycles. The van der Waals surface area contributed by atoms with E-state index in [1.54, 1.807) is 0 Å². The molecule has 0 spiro atoms. The van der Waals surface area contributed by atoms with E-state index in [2.05, 4.69) is 0 Å². The summed E-state index contributed by atoms with van der Waals surface area (Å²) in [5.74, 6) is 0. The molecule has 5 nitrogen and oxygen atoms in total. The number of hydrogen-bond acceptors (Lipinski definition) is 4. The highest BCUT2D eigenvalue weighted by molar-refractivity contribution is 8.03. The number of nitrogens with zero attached hydrogens (tertiary/aromatic N) is 1. The summed E-state index contributed by atoms with van der Waals surface area (Å²) in [7, 11) is -7.25. The molecule has 7 heteroatoms. The Morgan fingerprint density at radius 1 is 1.00 bits per heavy atom. The molecule has 0 aromatic rings. The molecule has 0 aliphatic carbocycles. The summed E-state index contributed by atoms with van der Waals surface area (Å²) < 4.78 is 43.5. The van der Waals surface area contributed by atoms with Crippen molar-refractivity contribution < 1.29 is 16.8 Å². The lowest BCUT2D eigenvalue weighted by Crippen LogP contribution is -2.34. The fourth-order valence-electron chi connectivity index (χ4n) is 0.715. The molecule has 0 radical (unpaired) electrons. The zero-order chi connectivity index (χ0) is 9.28. The van der Waals surface area contributed by atoms with Crippen LogP contribution in [0.15, 0.2) is 0 Å². The molecule has 0 bridgehead atoms. The van der Waals surface area contributed by atoms with E-state index in [1.165, 1.54) is 6.92 Å². The lowest BCUT2D eigenvalue weighted by atomic mass is 10.8. The lowest BCUT2D eigenvalue weighted by molar-refractivity contribution is 0.514. The Labute approximate surface area is 67.1 Å². The maximum Gasteiger partial charge on any atom is 0.224 e. The van der Waals surface area contributed by atoms with Crippen LogP contribution in [-0.4, -0.2) is 39.6 Å². The molecule has 0 aromatic heterocycles. The fourth-order valence-corrected chi connectivity index (χ4v) is 3.62. The Kier molecular flexibility index (Phi) is 3.04. The molecule has 0 N–H and O–H groups in total. The smallest absolute Gasteiger partial charge is 0.212 e. The molecule has 11 heavy (non-hydrogen) atoms. The van der Waals surface area contributed by atoms with Gasteiger partial charge in [-0.15, -0.1) is 0 Å². The molecule has 0 unspecified atom stereocenters. The predicted octanol–water partition coefficient (Wildman–Crippen LogP) is -0.772. The van der Waals surface area contributed by atoms with Crippen LogP contribution in [-0.2, 0) is 20.0 Å². The van der Waals surface area contributed by atoms with Crippen LogP contribution in [0.25, 0.3) is 0 Å². The summed E-state index contributed by atoms with van der Waals surface area (Å²) in [6, 6.07) is 0. The first-order valence-corrected chi connectivity index (χ1v) is 6.57. The molecule has 0 saturated heterocycles. The summed E-state index contributed by atoms with van der Waals surface area (Å²) >= 11 is 0. The van der Waals surface area contributed by atoms with Gasteiger partial charge in [0.1, 0.15) is 0 Å². The van der Waals surface area contributed by atoms with Gasteiger partial charge in [0.2, 0.25) is 20.0 Å². The van der Waals surface area contributed by atoms with E-state index in [0.717, 1.165) is 12.5 Å². The van der Waals surface area contributed by atoms with Crippen molar-refractivity contribution in [3.63, 3.8) is 0 Å². The largest absolute Gasteiger partial charge is 0.224 e. The van der Waals surface area contributed by atoms with Crippen LogP contribution in [0.1, 0.15) is 6.92 Å². The minimum atomic E-state index is -3.63. The minimum Gasteiger partial charge on any atom is -0.212 e. The van der Waals surface area contributed by atoms with E-state index in [1.807, 2.05) is 0 Å². The van der Waals surface area contributed by atoms with Gasteiger partial charge in [-0.05, 0) is 0 Å². The normalized spacial score (nSPS) is 13.8. The first kappa shape index (κ1) is 10.9. The van der Waals surface area contributed by atoms with Gasteiger partial charge in [-0.25, -0.2) is 16.8 Å². The van der Waals surface area contributed by atoms with E-state index in [4.69, 9.17) is 0 Å². The van der Waals surface area contributed by atoms with Crippen LogP contribution >= 0.6 is 0 Å². The van der Waals surface area contributed by atoms with Crippen LogP contribution in [0.4, 0.5) is 0 Å². The van der Waals surface area contributed by atoms with E-state index < -0.39 is 20.0 Å². The van der Waals surface area contributed by atoms with Gasteiger partial charge in [0.15, 0.2) is 0 Å². The molecular weight excluding hydrogens is 190 g/mol. The van der Waals surface area contributed by atoms with Crippen LogP contribution in [0.3, 0.4) is 0 Å². The van der Waals surface area contributed by atoms with Gasteiger partial charge in [0, 0.05) is 6.54 Å². The highest BCUT2D eigenvalue weighted by Crippen LogP contribution is 2.02. The van der Waals surface area contributed by atoms with E-state index in [-0.39, 0.29) is 6.54 Å². The van der Waals surface area contributed by atoms with E-state index >= 15 is 0 Å². The van der Waals surface area contributed by atoms with Crippen LogP contribution in [0.2, 0.25) is 0 Å². The van der Waals surface area contributed by atoms with Crippen molar-refractivity contribution in [3.05, 3.63) is 0 Å². The zero-order valence-corrected chi connectivity index (χ0v) is 8.24. The summed E-state index contributed by atoms with van der Waals surface area (Å²) in [5.41, 5.74) is 0. The minimum absolute atomic E-state index is 0.0579. The van der Waals surface area contributed by atoms with Crippen molar-refractivity contribution in [2.75, 3.05) is 19.1 Å². The zero-order valence-electron chi connectivity index (χ0n) is 6.60. The first-order chi connectivity index (χ1) is 4.69. The monoisotopic (exact) mass is 201 g/mol. The van der Waals surface area contributed by atoms with Gasteiger partial charge in [-0.2, -0.15) is 0 Å². The van der Waals surface area contributed by atoms with Gasteiger partial charge in [0.25, 0.3) is 0 Å². The Morgan fingerprint density at radius 2 is 1.27 bits per heavy atom. The molecular formula is C4H11NO4S2. The highest BCUT2D eigenvalue weighted by Gasteiger charge is 2.23. The van der Waals surface area contributed by atoms with Crippen molar-refractivity contribution in [1.29, 1.82) is 0 Å². The van der Waals surface area contributed by atoms with Crippen molar-refractivity contribution in [2.45, 2.75) is 6.92 Å². The molecule has 0 heterocycles. The van der Waals surface area contributed by atoms with Crippen LogP contribution in [0.5, 0.6) is 0 Å². The van der Waals surface area contributed by atoms with Gasteiger partial charge < -0.3 is 0 Å². The number of rotatable bonds is 3. The Bertz CT molecular complexity index is 282. The van der Waals surface area contributed by atoms with Gasteiger partial charge in [-0.1, -0.05) is 10.6 Å². The van der Waals surface area contributed by atoms with Gasteiger partial charge in [-0.3, -0.25) is 0 Å². The Hall–Kier alpha value is -0.140. The van der Waals surface area contributed by atoms with Gasteiger partial charge >= 0.3 is 0 Å². The first-order valence-electron chi connectivity index (χ1n) is 2.87. The second kappa shape index (κ2) is 3.08. The van der Waals surface area contributed by atoms with Crippen molar-refractivity contribution in [2.24, 2.45) is 0 Å². The molecule has 0 amide bonds. The molecule has 0 fully saturated rings. The Morgan fingerprint density at radius 3 is 1.27 bits per heavy atom. The second-order valence-electron chi connectivity index (χ2n) is 2.12. The van der Waals surface area contributed by atoms with Crippen molar-refractivity contribution >= 4 is 20.0 Å². The molecule has 0 aliphatic rings. The lowest BCUT2D eigenvalue weighted by Gasteiger charge is -2.13. The Balaban J connectivity index is 5.05. The van der Waals surface area contributed by atoms with Crippen LogP contribution in [0, 0.1) is 0 Å². The summed E-state index contributed by atoms with van der Waals surface area (Å²) in [6.45, 7) is 1.40. The fraction of sp³-hybridized carbons (Fsp3) is 1.00. The van der Waals surface area contributed by atoms with E-state index in [0.29, 0.717) is 3.71 Å². The third-order valence-electron chi connectivity index (χ3n) is 0.998. The molecule has 0 atom stereocenters. The average molecular weight is 201 g/mol. The summed E-state index contributed by atoms with van der Waals surface area (Å²) in [5, 5.41) is 0. The quantitative estimate of drug-likeness (QED) is 0.601. The number of sulfonamides is 2. The molecule has 0 rings (SSSR count). The second-order valence-corrected chi connectivity index (χ2v) is 6.16. The molecule has 0 aliphatic heterocycles. The average Bonchev–Trinajstić information content (AvgIpc) is 1.56. The molecule has 68 valence electrons. The highest BCUT2D eigenvalue weighted by atomic mass is 32.3. The van der Waals surface area contributed by atoms with Gasteiger partial charge in [0.05, 0.1) is 12.5 Å². The SMILES string of the molecule is CCN(S(C)(=O)=O)S(C)(=O)=O. The topological polar surface area (TPSA) is 71.5 Å². The van der Waals surface area contributed by atoms with E-state index in [9.17, 15) is 16.8 Å². The third kappa shape index (κ3) is 3.17. The number of hydrogen-bond donors (Lipinski definition) is 0. The summed E-state index contributed by atoms with van der Waals surface area (Å²) in [4.78, 5) is 0. The third-order valence-corrected chi connectivity index (χ3v) is 4.62. The molecule has 0 aromatic carbocycles. The standard InChI is InChI=1S/C4H11NO4S2/c1-4-5(10(2,6)7)11(3,8)9/h4H2,1-3H3.